The minimum Gasteiger partial charge on any atom is -0.367 e. The lowest BCUT2D eigenvalue weighted by Gasteiger charge is -2.03. The molecule has 0 bridgehead atoms. The zero-order chi connectivity index (χ0) is 5.61. The smallest absolute Gasteiger partial charge is 0.0937 e. The Labute approximate surface area is 49.0 Å². The van der Waals surface area contributed by atoms with Gasteiger partial charge in [-0.2, -0.15) is 0 Å². The summed E-state index contributed by atoms with van der Waals surface area (Å²) in [6.45, 7) is 3.06. The third-order valence-electron chi connectivity index (χ3n) is 1.92. The second-order valence-corrected chi connectivity index (χ2v) is 2.81. The molecule has 0 atom stereocenters. The summed E-state index contributed by atoms with van der Waals surface area (Å²) >= 11 is 0. The van der Waals surface area contributed by atoms with Crippen LogP contribution in [0.1, 0.15) is 19.8 Å². The number of rotatable bonds is 0. The Balaban J connectivity index is 2.12. The first-order chi connectivity index (χ1) is 3.81. The summed E-state index contributed by atoms with van der Waals surface area (Å²) in [6.07, 6.45) is 2.65. The topological polar surface area (TPSA) is 24.4 Å². The molecule has 1 N–H and O–H groups in total. The van der Waals surface area contributed by atoms with Crippen molar-refractivity contribution < 1.29 is 0 Å². The normalized spacial score (nSPS) is 29.9. The molecule has 1 aliphatic carbocycles. The van der Waals surface area contributed by atoms with E-state index < -0.39 is 0 Å². The number of amidine groups is 1. The molecular weight excluding hydrogens is 100 g/mol. The molecule has 2 aliphatic rings. The highest BCUT2D eigenvalue weighted by Gasteiger charge is 2.45. The van der Waals surface area contributed by atoms with Crippen LogP contribution in [0.25, 0.3) is 0 Å². The van der Waals surface area contributed by atoms with Gasteiger partial charge in [-0.05, 0) is 19.8 Å². The maximum absolute atomic E-state index is 4.26. The molecule has 0 aromatic heterocycles. The first-order valence-electron chi connectivity index (χ1n) is 3.10. The van der Waals surface area contributed by atoms with Crippen LogP contribution in [0, 0.1) is 0 Å². The molecule has 0 unspecified atom stereocenters. The summed E-state index contributed by atoms with van der Waals surface area (Å²) in [5.41, 5.74) is 0.462. The third kappa shape index (κ3) is 0.457. The van der Waals surface area contributed by atoms with Crippen molar-refractivity contribution in [1.82, 2.24) is 5.32 Å². The van der Waals surface area contributed by atoms with E-state index in [2.05, 4.69) is 10.3 Å². The Bertz CT molecular complexity index is 145. The number of nitrogens with zero attached hydrogens (tertiary/aromatic N) is 1. The van der Waals surface area contributed by atoms with Gasteiger partial charge in [0.2, 0.25) is 0 Å². The van der Waals surface area contributed by atoms with Gasteiger partial charge in [0.05, 0.1) is 17.9 Å². The monoisotopic (exact) mass is 110 g/mol. The summed E-state index contributed by atoms with van der Waals surface area (Å²) in [7, 11) is 0. The number of aliphatic imine (C=N–C) groups is 1. The number of nitrogens with one attached hydrogen (secondary N) is 1. The van der Waals surface area contributed by atoms with Crippen LogP contribution >= 0.6 is 0 Å². The van der Waals surface area contributed by atoms with Crippen LogP contribution in [-0.2, 0) is 0 Å². The first-order valence-corrected chi connectivity index (χ1v) is 3.10. The highest BCUT2D eigenvalue weighted by molar-refractivity contribution is 5.82. The molecule has 2 rings (SSSR count). The predicted molar refractivity (Wildman–Crippen MR) is 33.1 cm³/mol. The Morgan fingerprint density at radius 2 is 2.38 bits per heavy atom. The van der Waals surface area contributed by atoms with E-state index >= 15 is 0 Å². The van der Waals surface area contributed by atoms with Crippen molar-refractivity contribution >= 4 is 5.84 Å². The lowest BCUT2D eigenvalue weighted by Crippen LogP contribution is -2.30. The van der Waals surface area contributed by atoms with Crippen LogP contribution < -0.4 is 5.32 Å². The zero-order valence-corrected chi connectivity index (χ0v) is 5.07. The largest absolute Gasteiger partial charge is 0.367 e. The van der Waals surface area contributed by atoms with Gasteiger partial charge in [0, 0.05) is 0 Å². The van der Waals surface area contributed by atoms with Gasteiger partial charge in [0.1, 0.15) is 0 Å². The fraction of sp³-hybridized carbons (Fsp3) is 0.833. The molecule has 0 amide bonds. The maximum atomic E-state index is 4.26. The lowest BCUT2D eigenvalue weighted by atomic mass is 10.3. The van der Waals surface area contributed by atoms with E-state index in [4.69, 9.17) is 0 Å². The number of hydrogen-bond donors (Lipinski definition) is 1. The van der Waals surface area contributed by atoms with E-state index in [1.165, 1.54) is 12.8 Å². The van der Waals surface area contributed by atoms with Crippen molar-refractivity contribution in [2.24, 2.45) is 4.99 Å². The lowest BCUT2D eigenvalue weighted by molar-refractivity contribution is 0.659. The van der Waals surface area contributed by atoms with Gasteiger partial charge >= 0.3 is 0 Å². The third-order valence-corrected chi connectivity index (χ3v) is 1.92. The molecule has 0 aromatic rings. The van der Waals surface area contributed by atoms with Gasteiger partial charge in [-0.25, -0.2) is 0 Å². The van der Waals surface area contributed by atoms with Crippen molar-refractivity contribution in [3.05, 3.63) is 0 Å². The fourth-order valence-corrected chi connectivity index (χ4v) is 1.17. The van der Waals surface area contributed by atoms with E-state index in [0.717, 1.165) is 12.4 Å². The van der Waals surface area contributed by atoms with Gasteiger partial charge in [0.25, 0.3) is 0 Å². The molecule has 8 heavy (non-hydrogen) atoms. The highest BCUT2D eigenvalue weighted by Crippen LogP contribution is 2.37. The average molecular weight is 110 g/mol. The molecule has 1 aliphatic heterocycles. The molecule has 2 nitrogen and oxygen atoms in total. The molecule has 44 valence electrons. The molecule has 0 aromatic carbocycles. The van der Waals surface area contributed by atoms with Crippen molar-refractivity contribution in [3.63, 3.8) is 0 Å². The van der Waals surface area contributed by atoms with Gasteiger partial charge in [-0.1, -0.05) is 0 Å². The van der Waals surface area contributed by atoms with E-state index in [1.54, 1.807) is 0 Å². The minimum absolute atomic E-state index is 0.462. The second-order valence-electron chi connectivity index (χ2n) is 2.81. The summed E-state index contributed by atoms with van der Waals surface area (Å²) in [6, 6.07) is 0. The van der Waals surface area contributed by atoms with Gasteiger partial charge in [0.15, 0.2) is 0 Å². The number of hydrogen-bond acceptors (Lipinski definition) is 2. The van der Waals surface area contributed by atoms with Crippen molar-refractivity contribution in [1.29, 1.82) is 0 Å². The standard InChI is InChI=1S/C6H10N2/c1-5-7-4-6(8-5)2-3-6/h2-4H2,1H3,(H,7,8). The Morgan fingerprint density at radius 1 is 1.62 bits per heavy atom. The highest BCUT2D eigenvalue weighted by atomic mass is 15.2. The zero-order valence-electron chi connectivity index (χ0n) is 5.07. The molecule has 1 spiro atoms. The van der Waals surface area contributed by atoms with Crippen LogP contribution in [0.15, 0.2) is 4.99 Å². The second kappa shape index (κ2) is 1.07. The van der Waals surface area contributed by atoms with Crippen LogP contribution in [0.2, 0.25) is 0 Å². The summed E-state index contributed by atoms with van der Waals surface area (Å²) in [4.78, 5) is 4.26. The van der Waals surface area contributed by atoms with E-state index in [0.29, 0.717) is 5.54 Å². The van der Waals surface area contributed by atoms with Gasteiger partial charge in [-0.15, -0.1) is 0 Å². The fourth-order valence-electron chi connectivity index (χ4n) is 1.17. The first kappa shape index (κ1) is 4.36. The Kier molecular flexibility index (Phi) is 0.581. The van der Waals surface area contributed by atoms with Crippen LogP contribution in [-0.4, -0.2) is 17.9 Å². The Hall–Kier alpha value is -0.530. The van der Waals surface area contributed by atoms with Crippen LogP contribution in [0.4, 0.5) is 0 Å². The predicted octanol–water partition coefficient (Wildman–Crippen LogP) is 0.541. The molecule has 1 saturated carbocycles. The molecule has 0 saturated heterocycles. The van der Waals surface area contributed by atoms with Crippen molar-refractivity contribution in [2.75, 3.05) is 6.54 Å². The molecule has 1 heterocycles. The molecular formula is C6H10N2. The summed E-state index contributed by atoms with van der Waals surface area (Å²) < 4.78 is 0. The maximum Gasteiger partial charge on any atom is 0.0937 e. The molecule has 0 radical (unpaired) electrons. The Morgan fingerprint density at radius 3 is 2.62 bits per heavy atom. The summed E-state index contributed by atoms with van der Waals surface area (Å²) in [5, 5.41) is 3.35. The average Bonchev–Trinajstić information content (AvgIpc) is 2.34. The quantitative estimate of drug-likeness (QED) is 0.483. The van der Waals surface area contributed by atoms with Crippen molar-refractivity contribution in [2.45, 2.75) is 25.3 Å². The van der Waals surface area contributed by atoms with Gasteiger partial charge < -0.3 is 5.32 Å². The van der Waals surface area contributed by atoms with E-state index in [1.807, 2.05) is 6.92 Å². The van der Waals surface area contributed by atoms with Crippen molar-refractivity contribution in [3.8, 4) is 0 Å². The van der Waals surface area contributed by atoms with Gasteiger partial charge in [-0.3, -0.25) is 4.99 Å². The van der Waals surface area contributed by atoms with Crippen LogP contribution in [0.5, 0.6) is 0 Å². The molecule has 1 fully saturated rings. The summed E-state index contributed by atoms with van der Waals surface area (Å²) in [5.74, 6) is 1.13. The van der Waals surface area contributed by atoms with E-state index in [9.17, 15) is 0 Å². The van der Waals surface area contributed by atoms with E-state index in [-0.39, 0.29) is 0 Å². The van der Waals surface area contributed by atoms with Crippen LogP contribution in [0.3, 0.4) is 0 Å². The molecule has 2 heteroatoms. The minimum atomic E-state index is 0.462. The SMILES string of the molecule is CC1=NCC2(CC2)N1.